The molecule has 0 radical (unpaired) electrons. The Hall–Kier alpha value is -0.220. The van der Waals surface area contributed by atoms with E-state index in [9.17, 15) is 8.78 Å². The summed E-state index contributed by atoms with van der Waals surface area (Å²) in [7, 11) is 0. The fraction of sp³-hybridized carbons (Fsp3) is 1.00. The van der Waals surface area contributed by atoms with Gasteiger partial charge in [-0.15, -0.1) is 0 Å². The fourth-order valence-corrected chi connectivity index (χ4v) is 0.828. The van der Waals surface area contributed by atoms with E-state index in [2.05, 4.69) is 9.47 Å². The van der Waals surface area contributed by atoms with E-state index in [0.29, 0.717) is 0 Å². The van der Waals surface area contributed by atoms with Crippen LogP contribution in [0.4, 0.5) is 8.78 Å². The van der Waals surface area contributed by atoms with E-state index in [4.69, 9.17) is 0 Å². The molecule has 2 nitrogen and oxygen atoms in total. The Morgan fingerprint density at radius 1 is 1.50 bits per heavy atom. The summed E-state index contributed by atoms with van der Waals surface area (Å²) in [5.41, 5.74) is 0. The highest BCUT2D eigenvalue weighted by atomic mass is 19.2. The minimum atomic E-state index is -2.46. The Bertz CT molecular complexity index is 112. The molecule has 4 heteroatoms. The molecule has 0 saturated carbocycles. The Morgan fingerprint density at radius 2 is 2.00 bits per heavy atom. The van der Waals surface area contributed by atoms with Gasteiger partial charge in [0.1, 0.15) is 0 Å². The van der Waals surface area contributed by atoms with Crippen molar-refractivity contribution in [1.29, 1.82) is 0 Å². The lowest BCUT2D eigenvalue weighted by Gasteiger charge is -2.19. The fourth-order valence-electron chi connectivity index (χ4n) is 0.828. The first-order valence-corrected chi connectivity index (χ1v) is 3.30. The average Bonchev–Trinajstić information content (AvgIpc) is 2.36. The van der Waals surface area contributed by atoms with Crippen molar-refractivity contribution in [2.24, 2.45) is 0 Å². The van der Waals surface area contributed by atoms with Gasteiger partial charge in [-0.25, -0.2) is 4.39 Å². The molecule has 1 unspecified atom stereocenters. The van der Waals surface area contributed by atoms with E-state index in [1.54, 1.807) is 0 Å². The first kappa shape index (κ1) is 7.88. The van der Waals surface area contributed by atoms with Crippen LogP contribution in [0.15, 0.2) is 0 Å². The predicted octanol–water partition coefficient (Wildman–Crippen LogP) is 1.40. The molecular formula is C6H10F2O2. The van der Waals surface area contributed by atoms with Gasteiger partial charge >= 0.3 is 6.04 Å². The van der Waals surface area contributed by atoms with E-state index >= 15 is 0 Å². The standard InChI is InChI=1S/C6H10F2O2/c1-2-5(7)6(8)9-3-4-10-6/h5H,2-4H2,1H3. The quantitative estimate of drug-likeness (QED) is 0.595. The number of ether oxygens (including phenoxy) is 2. The van der Waals surface area contributed by atoms with E-state index in [1.807, 2.05) is 0 Å². The lowest BCUT2D eigenvalue weighted by atomic mass is 10.3. The van der Waals surface area contributed by atoms with E-state index in [0.717, 1.165) is 0 Å². The summed E-state index contributed by atoms with van der Waals surface area (Å²) in [6.45, 7) is 1.81. The summed E-state index contributed by atoms with van der Waals surface area (Å²) >= 11 is 0. The molecule has 0 aromatic rings. The SMILES string of the molecule is CCC(F)C1(F)OCCO1. The third-order valence-corrected chi connectivity index (χ3v) is 1.41. The maximum atomic E-state index is 12.9. The van der Waals surface area contributed by atoms with Crippen LogP contribution < -0.4 is 0 Å². The summed E-state index contributed by atoms with van der Waals surface area (Å²) in [5.74, 6) is 0. The summed E-state index contributed by atoms with van der Waals surface area (Å²) in [5, 5.41) is 0. The van der Waals surface area contributed by atoms with Gasteiger partial charge in [0, 0.05) is 0 Å². The van der Waals surface area contributed by atoms with Gasteiger partial charge < -0.3 is 9.47 Å². The maximum Gasteiger partial charge on any atom is 0.352 e. The zero-order valence-electron chi connectivity index (χ0n) is 5.77. The molecule has 1 aliphatic heterocycles. The van der Waals surface area contributed by atoms with Crippen LogP contribution in [0.1, 0.15) is 13.3 Å². The van der Waals surface area contributed by atoms with Crippen LogP contribution in [0, 0.1) is 0 Å². The molecule has 0 aliphatic carbocycles. The minimum absolute atomic E-state index is 0.0660. The lowest BCUT2D eigenvalue weighted by molar-refractivity contribution is -0.287. The molecule has 0 N–H and O–H groups in total. The van der Waals surface area contributed by atoms with Gasteiger partial charge in [-0.2, -0.15) is 4.39 Å². The van der Waals surface area contributed by atoms with Crippen molar-refractivity contribution >= 4 is 0 Å². The monoisotopic (exact) mass is 152 g/mol. The van der Waals surface area contributed by atoms with Gasteiger partial charge in [0.15, 0.2) is 6.17 Å². The minimum Gasteiger partial charge on any atom is -0.319 e. The Balaban J connectivity index is 2.49. The molecule has 0 bridgehead atoms. The van der Waals surface area contributed by atoms with Crippen LogP contribution in [-0.4, -0.2) is 25.4 Å². The third-order valence-electron chi connectivity index (χ3n) is 1.41. The molecule has 0 aromatic heterocycles. The van der Waals surface area contributed by atoms with Crippen LogP contribution in [0.2, 0.25) is 0 Å². The molecule has 1 saturated heterocycles. The molecule has 1 heterocycles. The van der Waals surface area contributed by atoms with Crippen molar-refractivity contribution in [3.63, 3.8) is 0 Å². The third kappa shape index (κ3) is 1.27. The Kier molecular flexibility index (Phi) is 2.21. The second-order valence-electron chi connectivity index (χ2n) is 2.16. The average molecular weight is 152 g/mol. The van der Waals surface area contributed by atoms with Gasteiger partial charge in [-0.05, 0) is 6.42 Å². The summed E-state index contributed by atoms with van der Waals surface area (Å²) in [4.78, 5) is 0. The first-order chi connectivity index (χ1) is 4.69. The molecule has 1 aliphatic rings. The van der Waals surface area contributed by atoms with E-state index < -0.39 is 12.2 Å². The zero-order valence-corrected chi connectivity index (χ0v) is 5.77. The second kappa shape index (κ2) is 2.80. The normalized spacial score (nSPS) is 26.7. The molecule has 1 rings (SSSR count). The molecule has 1 fully saturated rings. The van der Waals surface area contributed by atoms with E-state index in [1.165, 1.54) is 6.92 Å². The second-order valence-corrected chi connectivity index (χ2v) is 2.16. The van der Waals surface area contributed by atoms with Crippen molar-refractivity contribution in [2.75, 3.05) is 13.2 Å². The van der Waals surface area contributed by atoms with Crippen molar-refractivity contribution in [1.82, 2.24) is 0 Å². The molecule has 0 aromatic carbocycles. The molecular weight excluding hydrogens is 142 g/mol. The summed E-state index contributed by atoms with van der Waals surface area (Å²) in [6.07, 6.45) is -1.61. The molecule has 0 spiro atoms. The summed E-state index contributed by atoms with van der Waals surface area (Å²) in [6, 6.07) is -2.46. The van der Waals surface area contributed by atoms with Crippen LogP contribution in [-0.2, 0) is 9.47 Å². The molecule has 10 heavy (non-hydrogen) atoms. The van der Waals surface area contributed by atoms with Gasteiger partial charge in [0.05, 0.1) is 13.2 Å². The van der Waals surface area contributed by atoms with Gasteiger partial charge in [0.2, 0.25) is 0 Å². The number of rotatable bonds is 2. The van der Waals surface area contributed by atoms with E-state index in [-0.39, 0.29) is 19.6 Å². The molecule has 60 valence electrons. The zero-order chi connectivity index (χ0) is 7.61. The van der Waals surface area contributed by atoms with Crippen LogP contribution in [0.3, 0.4) is 0 Å². The van der Waals surface area contributed by atoms with Gasteiger partial charge in [0.25, 0.3) is 0 Å². The topological polar surface area (TPSA) is 18.5 Å². The highest BCUT2D eigenvalue weighted by Crippen LogP contribution is 2.28. The number of halogens is 2. The number of hydrogen-bond acceptors (Lipinski definition) is 2. The highest BCUT2D eigenvalue weighted by Gasteiger charge is 2.44. The number of hydrogen-bond donors (Lipinski definition) is 0. The lowest BCUT2D eigenvalue weighted by Crippen LogP contribution is -2.35. The smallest absolute Gasteiger partial charge is 0.319 e. The first-order valence-electron chi connectivity index (χ1n) is 3.30. The maximum absolute atomic E-state index is 12.9. The number of alkyl halides is 2. The highest BCUT2D eigenvalue weighted by molar-refractivity contribution is 4.70. The van der Waals surface area contributed by atoms with Crippen LogP contribution >= 0.6 is 0 Å². The van der Waals surface area contributed by atoms with Crippen molar-refractivity contribution in [3.8, 4) is 0 Å². The predicted molar refractivity (Wildman–Crippen MR) is 30.9 cm³/mol. The van der Waals surface area contributed by atoms with Crippen LogP contribution in [0.5, 0.6) is 0 Å². The largest absolute Gasteiger partial charge is 0.352 e. The molecule has 1 atom stereocenters. The van der Waals surface area contributed by atoms with Crippen LogP contribution in [0.25, 0.3) is 0 Å². The Labute approximate surface area is 58.1 Å². The van der Waals surface area contributed by atoms with Crippen molar-refractivity contribution < 1.29 is 18.3 Å². The van der Waals surface area contributed by atoms with Crippen molar-refractivity contribution in [2.45, 2.75) is 25.6 Å². The van der Waals surface area contributed by atoms with Gasteiger partial charge in [-0.1, -0.05) is 6.92 Å². The van der Waals surface area contributed by atoms with Gasteiger partial charge in [-0.3, -0.25) is 0 Å². The molecule has 0 amide bonds. The Morgan fingerprint density at radius 3 is 2.40 bits per heavy atom. The van der Waals surface area contributed by atoms with Crippen molar-refractivity contribution in [3.05, 3.63) is 0 Å². The summed E-state index contributed by atoms with van der Waals surface area (Å²) < 4.78 is 34.3.